The maximum absolute atomic E-state index is 12.9. The molecule has 2 aromatic carbocycles. The number of hydrogen-bond donors (Lipinski definition) is 2. The van der Waals surface area contributed by atoms with Crippen LogP contribution in [0.3, 0.4) is 0 Å². The van der Waals surface area contributed by atoms with E-state index in [0.29, 0.717) is 29.8 Å². The Bertz CT molecular complexity index is 1130. The summed E-state index contributed by atoms with van der Waals surface area (Å²) in [5.41, 5.74) is 3.75. The second-order valence-corrected chi connectivity index (χ2v) is 9.09. The topological polar surface area (TPSA) is 57.4 Å². The zero-order valence-electron chi connectivity index (χ0n) is 18.8. The Balaban J connectivity index is 1.59. The highest BCUT2D eigenvalue weighted by Gasteiger charge is 2.19. The molecule has 1 fully saturated rings. The molecule has 0 aliphatic heterocycles. The van der Waals surface area contributed by atoms with Crippen molar-refractivity contribution < 1.29 is 4.74 Å². The molecule has 0 amide bonds. The molecule has 0 atom stereocenters. The Morgan fingerprint density at radius 3 is 2.56 bits per heavy atom. The van der Waals surface area contributed by atoms with E-state index in [1.54, 1.807) is 7.11 Å². The SMILES string of the molecule is COc1ccc(CN(Cc2cc3ccc(C)cc3[nH]c2=O)C(=S)NC2CCCCC2)cc1. The molecule has 1 saturated carbocycles. The standard InChI is InChI=1S/C26H31N3O2S/c1-18-8-11-20-15-21(25(30)28-24(20)14-18)17-29(16-19-9-12-23(31-2)13-10-19)26(32)27-22-6-4-3-5-7-22/h8-15,22H,3-7,16-17H2,1-2H3,(H,27,32)(H,28,30). The van der Waals surface area contributed by atoms with Crippen LogP contribution in [0.1, 0.15) is 48.8 Å². The molecule has 1 aliphatic carbocycles. The highest BCUT2D eigenvalue weighted by atomic mass is 32.1. The van der Waals surface area contributed by atoms with Crippen LogP contribution >= 0.6 is 12.2 Å². The average molecular weight is 450 g/mol. The van der Waals surface area contributed by atoms with Gasteiger partial charge >= 0.3 is 0 Å². The first-order chi connectivity index (χ1) is 15.5. The highest BCUT2D eigenvalue weighted by molar-refractivity contribution is 7.80. The quantitative estimate of drug-likeness (QED) is 0.516. The summed E-state index contributed by atoms with van der Waals surface area (Å²) < 4.78 is 5.29. The van der Waals surface area contributed by atoms with Crippen molar-refractivity contribution in [1.29, 1.82) is 0 Å². The number of rotatable bonds is 6. The molecular formula is C26H31N3O2S. The molecule has 0 unspecified atom stereocenters. The highest BCUT2D eigenvalue weighted by Crippen LogP contribution is 2.20. The normalized spacial score (nSPS) is 14.3. The third-order valence-corrected chi connectivity index (χ3v) is 6.57. The third-order valence-electron chi connectivity index (χ3n) is 6.19. The van der Waals surface area contributed by atoms with E-state index in [4.69, 9.17) is 17.0 Å². The van der Waals surface area contributed by atoms with Gasteiger partial charge in [-0.2, -0.15) is 0 Å². The molecule has 6 heteroatoms. The first-order valence-electron chi connectivity index (χ1n) is 11.3. The maximum Gasteiger partial charge on any atom is 0.253 e. The van der Waals surface area contributed by atoms with Crippen LogP contribution in [0.5, 0.6) is 5.75 Å². The van der Waals surface area contributed by atoms with Crippen molar-refractivity contribution >= 4 is 28.2 Å². The van der Waals surface area contributed by atoms with Crippen LogP contribution in [0.2, 0.25) is 0 Å². The summed E-state index contributed by atoms with van der Waals surface area (Å²) in [6, 6.07) is 16.5. The summed E-state index contributed by atoms with van der Waals surface area (Å²) in [6.07, 6.45) is 6.07. The van der Waals surface area contributed by atoms with E-state index in [0.717, 1.165) is 40.6 Å². The summed E-state index contributed by atoms with van der Waals surface area (Å²) in [6.45, 7) is 3.09. The predicted octanol–water partition coefficient (Wildman–Crippen LogP) is 5.05. The number of hydrogen-bond acceptors (Lipinski definition) is 3. The van der Waals surface area contributed by atoms with Crippen molar-refractivity contribution in [2.75, 3.05) is 7.11 Å². The van der Waals surface area contributed by atoms with Crippen molar-refractivity contribution in [3.8, 4) is 5.75 Å². The number of pyridine rings is 1. The number of aromatic amines is 1. The van der Waals surface area contributed by atoms with E-state index >= 15 is 0 Å². The van der Waals surface area contributed by atoms with Gasteiger partial charge in [-0.3, -0.25) is 4.79 Å². The summed E-state index contributed by atoms with van der Waals surface area (Å²) in [7, 11) is 1.66. The van der Waals surface area contributed by atoms with Gasteiger partial charge in [0, 0.05) is 23.7 Å². The molecule has 0 saturated heterocycles. The molecular weight excluding hydrogens is 418 g/mol. The number of methoxy groups -OCH3 is 1. The number of ether oxygens (including phenoxy) is 1. The lowest BCUT2D eigenvalue weighted by atomic mass is 9.96. The Kier molecular flexibility index (Phi) is 7.10. The van der Waals surface area contributed by atoms with Crippen LogP contribution in [-0.2, 0) is 13.1 Å². The number of nitrogens with one attached hydrogen (secondary N) is 2. The lowest BCUT2D eigenvalue weighted by molar-refractivity contribution is 0.362. The van der Waals surface area contributed by atoms with Gasteiger partial charge in [-0.05, 0) is 72.8 Å². The number of thiocarbonyl (C=S) groups is 1. The van der Waals surface area contributed by atoms with Crippen LogP contribution in [0.4, 0.5) is 0 Å². The molecule has 2 N–H and O–H groups in total. The Morgan fingerprint density at radius 2 is 1.84 bits per heavy atom. The number of aromatic nitrogens is 1. The zero-order chi connectivity index (χ0) is 22.5. The monoisotopic (exact) mass is 449 g/mol. The van der Waals surface area contributed by atoms with E-state index in [9.17, 15) is 4.79 Å². The van der Waals surface area contributed by atoms with Gasteiger partial charge in [0.15, 0.2) is 5.11 Å². The van der Waals surface area contributed by atoms with Gasteiger partial charge in [0.05, 0.1) is 13.7 Å². The van der Waals surface area contributed by atoms with Crippen molar-refractivity contribution in [3.05, 3.63) is 75.6 Å². The fourth-order valence-corrected chi connectivity index (χ4v) is 4.64. The maximum atomic E-state index is 12.9. The Morgan fingerprint density at radius 1 is 1.09 bits per heavy atom. The molecule has 0 spiro atoms. The van der Waals surface area contributed by atoms with E-state index in [-0.39, 0.29) is 5.56 Å². The summed E-state index contributed by atoms with van der Waals surface area (Å²) >= 11 is 5.84. The van der Waals surface area contributed by atoms with Gasteiger partial charge in [0.2, 0.25) is 0 Å². The second-order valence-electron chi connectivity index (χ2n) is 8.70. The molecule has 0 radical (unpaired) electrons. The summed E-state index contributed by atoms with van der Waals surface area (Å²) in [5.74, 6) is 0.824. The molecule has 1 aliphatic rings. The average Bonchev–Trinajstić information content (AvgIpc) is 2.80. The predicted molar refractivity (Wildman–Crippen MR) is 134 cm³/mol. The first-order valence-corrected chi connectivity index (χ1v) is 11.7. The summed E-state index contributed by atoms with van der Waals surface area (Å²) in [5, 5.41) is 5.30. The fourth-order valence-electron chi connectivity index (χ4n) is 4.35. The van der Waals surface area contributed by atoms with Crippen molar-refractivity contribution in [2.45, 2.75) is 58.2 Å². The largest absolute Gasteiger partial charge is 0.497 e. The molecule has 4 rings (SSSR count). The van der Waals surface area contributed by atoms with E-state index < -0.39 is 0 Å². The molecule has 1 heterocycles. The van der Waals surface area contributed by atoms with Crippen LogP contribution in [0.15, 0.2) is 53.3 Å². The lowest BCUT2D eigenvalue weighted by Crippen LogP contribution is -2.45. The van der Waals surface area contributed by atoms with Crippen LogP contribution < -0.4 is 15.6 Å². The molecule has 32 heavy (non-hydrogen) atoms. The van der Waals surface area contributed by atoms with Gasteiger partial charge in [-0.1, -0.05) is 43.5 Å². The van der Waals surface area contributed by atoms with Crippen LogP contribution in [0, 0.1) is 6.92 Å². The van der Waals surface area contributed by atoms with E-state index in [1.807, 2.05) is 43.3 Å². The lowest BCUT2D eigenvalue weighted by Gasteiger charge is -2.31. The van der Waals surface area contributed by atoms with E-state index in [1.165, 1.54) is 19.3 Å². The number of nitrogens with zero attached hydrogens (tertiary/aromatic N) is 1. The minimum atomic E-state index is -0.0664. The van der Waals surface area contributed by atoms with Crippen molar-refractivity contribution in [1.82, 2.24) is 15.2 Å². The second kappa shape index (κ2) is 10.2. The van der Waals surface area contributed by atoms with E-state index in [2.05, 4.69) is 27.3 Å². The van der Waals surface area contributed by atoms with Crippen molar-refractivity contribution in [3.63, 3.8) is 0 Å². The van der Waals surface area contributed by atoms with Gasteiger partial charge in [0.25, 0.3) is 5.56 Å². The van der Waals surface area contributed by atoms with Crippen molar-refractivity contribution in [2.24, 2.45) is 0 Å². The smallest absolute Gasteiger partial charge is 0.253 e. The molecule has 1 aromatic heterocycles. The number of fused-ring (bicyclic) bond motifs is 1. The number of benzene rings is 2. The van der Waals surface area contributed by atoms with Gasteiger partial charge < -0.3 is 19.9 Å². The van der Waals surface area contributed by atoms with Gasteiger partial charge in [-0.25, -0.2) is 0 Å². The third kappa shape index (κ3) is 5.49. The Labute approximate surface area is 194 Å². The number of aryl methyl sites for hydroxylation is 1. The summed E-state index contributed by atoms with van der Waals surface area (Å²) in [4.78, 5) is 18.0. The number of H-pyrrole nitrogens is 1. The minimum absolute atomic E-state index is 0.0664. The van der Waals surface area contributed by atoms with Gasteiger partial charge in [0.1, 0.15) is 5.75 Å². The first kappa shape index (κ1) is 22.3. The van der Waals surface area contributed by atoms with Crippen LogP contribution in [0.25, 0.3) is 10.9 Å². The molecule has 168 valence electrons. The molecule has 0 bridgehead atoms. The molecule has 3 aromatic rings. The fraction of sp³-hybridized carbons (Fsp3) is 0.385. The molecule has 5 nitrogen and oxygen atoms in total. The minimum Gasteiger partial charge on any atom is -0.497 e. The Hall–Kier alpha value is -2.86. The van der Waals surface area contributed by atoms with Crippen LogP contribution in [-0.4, -0.2) is 28.1 Å². The van der Waals surface area contributed by atoms with Gasteiger partial charge in [-0.15, -0.1) is 0 Å². The zero-order valence-corrected chi connectivity index (χ0v) is 19.6.